The number of benzene rings is 2. The van der Waals surface area contributed by atoms with Crippen LogP contribution in [0.1, 0.15) is 42.9 Å². The quantitative estimate of drug-likeness (QED) is 0.522. The normalized spacial score (nSPS) is 19.7. The van der Waals surface area contributed by atoms with E-state index in [0.29, 0.717) is 22.7 Å². The summed E-state index contributed by atoms with van der Waals surface area (Å²) in [6, 6.07) is 10.1. The molecule has 176 valence electrons. The van der Waals surface area contributed by atoms with E-state index in [1.807, 2.05) is 7.05 Å². The van der Waals surface area contributed by atoms with Gasteiger partial charge in [-0.05, 0) is 61.6 Å². The molecule has 0 bridgehead atoms. The summed E-state index contributed by atoms with van der Waals surface area (Å²) in [5.41, 5.74) is 1.22. The predicted octanol–water partition coefficient (Wildman–Crippen LogP) is 4.90. The third-order valence-electron chi connectivity index (χ3n) is 5.87. The van der Waals surface area contributed by atoms with Gasteiger partial charge in [-0.2, -0.15) is 13.2 Å². The molecule has 3 N–H and O–H groups in total. The summed E-state index contributed by atoms with van der Waals surface area (Å²) < 4.78 is 52.2. The molecule has 0 radical (unpaired) electrons. The lowest BCUT2D eigenvalue weighted by atomic mass is 9.85. The first-order chi connectivity index (χ1) is 14.7. The Hall–Kier alpha value is -2.16. The number of nitrogens with one attached hydrogen (secondary N) is 2. The van der Waals surface area contributed by atoms with E-state index in [9.17, 15) is 27.5 Å². The van der Waals surface area contributed by atoms with Crippen molar-refractivity contribution in [2.24, 2.45) is 5.92 Å². The van der Waals surface area contributed by atoms with E-state index < -0.39 is 18.1 Å². The van der Waals surface area contributed by atoms with Gasteiger partial charge in [0.1, 0.15) is 5.82 Å². The van der Waals surface area contributed by atoms with E-state index in [1.54, 1.807) is 6.07 Å². The topological polar surface area (TPSA) is 61.4 Å². The van der Waals surface area contributed by atoms with Gasteiger partial charge in [0, 0.05) is 24.1 Å². The molecule has 0 heterocycles. The first-order valence-electron chi connectivity index (χ1n) is 10.3. The summed E-state index contributed by atoms with van der Waals surface area (Å²) in [6.07, 6.45) is -3.86. The molecule has 1 aliphatic rings. The Kier molecular flexibility index (Phi) is 9.07. The smallest absolute Gasteiger partial charge is 0.379 e. The molecule has 0 aliphatic heterocycles. The van der Waals surface area contributed by atoms with Gasteiger partial charge in [0.15, 0.2) is 6.10 Å². The molecule has 1 fully saturated rings. The SMILES string of the molecule is CNC1CCC(C(=O)NCc2cc(-c3ccc(C(O)C(F)(F)F)cc3)ccc2F)CC1.Cl. The van der Waals surface area contributed by atoms with Crippen LogP contribution in [0.25, 0.3) is 11.1 Å². The number of halogens is 5. The second kappa shape index (κ2) is 11.1. The number of amides is 1. The molecular formula is C23H27ClF4N2O2. The van der Waals surface area contributed by atoms with Gasteiger partial charge in [-0.25, -0.2) is 4.39 Å². The fraction of sp³-hybridized carbons (Fsp3) is 0.435. The molecule has 4 nitrogen and oxygen atoms in total. The molecule has 1 aliphatic carbocycles. The van der Waals surface area contributed by atoms with Gasteiger partial charge in [-0.3, -0.25) is 4.79 Å². The van der Waals surface area contributed by atoms with Crippen molar-refractivity contribution in [1.82, 2.24) is 10.6 Å². The maximum Gasteiger partial charge on any atom is 0.418 e. The summed E-state index contributed by atoms with van der Waals surface area (Å²) >= 11 is 0. The van der Waals surface area contributed by atoms with Crippen LogP contribution < -0.4 is 10.6 Å². The van der Waals surface area contributed by atoms with Crippen molar-refractivity contribution >= 4 is 18.3 Å². The van der Waals surface area contributed by atoms with Crippen LogP contribution in [0.2, 0.25) is 0 Å². The van der Waals surface area contributed by atoms with Crippen molar-refractivity contribution in [1.29, 1.82) is 0 Å². The lowest BCUT2D eigenvalue weighted by Crippen LogP contribution is -2.37. The molecule has 1 atom stereocenters. The van der Waals surface area contributed by atoms with Crippen LogP contribution in [0, 0.1) is 11.7 Å². The van der Waals surface area contributed by atoms with Crippen molar-refractivity contribution in [3.05, 3.63) is 59.4 Å². The highest BCUT2D eigenvalue weighted by molar-refractivity contribution is 5.85. The van der Waals surface area contributed by atoms with E-state index in [-0.39, 0.29) is 36.3 Å². The van der Waals surface area contributed by atoms with E-state index in [2.05, 4.69) is 10.6 Å². The number of aliphatic hydroxyl groups excluding tert-OH is 1. The van der Waals surface area contributed by atoms with Gasteiger partial charge < -0.3 is 15.7 Å². The van der Waals surface area contributed by atoms with E-state index in [4.69, 9.17) is 0 Å². The fourth-order valence-corrected chi connectivity index (χ4v) is 3.91. The van der Waals surface area contributed by atoms with Gasteiger partial charge in [-0.15, -0.1) is 12.4 Å². The van der Waals surface area contributed by atoms with E-state index >= 15 is 0 Å². The van der Waals surface area contributed by atoms with Gasteiger partial charge in [-0.1, -0.05) is 30.3 Å². The molecule has 1 unspecified atom stereocenters. The van der Waals surface area contributed by atoms with Crippen LogP contribution in [0.3, 0.4) is 0 Å². The van der Waals surface area contributed by atoms with Gasteiger partial charge >= 0.3 is 6.18 Å². The number of alkyl halides is 3. The minimum absolute atomic E-state index is 0. The maximum absolute atomic E-state index is 14.3. The van der Waals surface area contributed by atoms with Crippen LogP contribution in [-0.4, -0.2) is 30.3 Å². The summed E-state index contributed by atoms with van der Waals surface area (Å²) in [4.78, 5) is 12.4. The first-order valence-corrected chi connectivity index (χ1v) is 10.3. The molecule has 32 heavy (non-hydrogen) atoms. The number of hydrogen-bond donors (Lipinski definition) is 3. The number of carbonyl (C=O) groups is 1. The third-order valence-corrected chi connectivity index (χ3v) is 5.87. The Labute approximate surface area is 190 Å². The second-order valence-corrected chi connectivity index (χ2v) is 7.93. The monoisotopic (exact) mass is 474 g/mol. The fourth-order valence-electron chi connectivity index (χ4n) is 3.91. The number of carbonyl (C=O) groups excluding carboxylic acids is 1. The Morgan fingerprint density at radius 2 is 1.66 bits per heavy atom. The van der Waals surface area contributed by atoms with Gasteiger partial charge in [0.2, 0.25) is 5.91 Å². The van der Waals surface area contributed by atoms with Crippen molar-refractivity contribution in [3.8, 4) is 11.1 Å². The molecule has 1 amide bonds. The zero-order valence-corrected chi connectivity index (χ0v) is 18.4. The number of hydrogen-bond acceptors (Lipinski definition) is 3. The minimum atomic E-state index is -4.74. The Bertz CT molecular complexity index is 898. The molecule has 2 aromatic rings. The second-order valence-electron chi connectivity index (χ2n) is 7.93. The summed E-state index contributed by atoms with van der Waals surface area (Å²) in [7, 11) is 1.91. The average Bonchev–Trinajstić information content (AvgIpc) is 2.77. The van der Waals surface area contributed by atoms with Gasteiger partial charge in [0.05, 0.1) is 0 Å². The van der Waals surface area contributed by atoms with Crippen LogP contribution in [0.5, 0.6) is 0 Å². The lowest BCUT2D eigenvalue weighted by Gasteiger charge is -2.27. The van der Waals surface area contributed by atoms with Crippen molar-refractivity contribution < 1.29 is 27.5 Å². The van der Waals surface area contributed by atoms with Crippen molar-refractivity contribution in [2.45, 2.75) is 50.6 Å². The molecular weight excluding hydrogens is 448 g/mol. The molecule has 0 aromatic heterocycles. The van der Waals surface area contributed by atoms with E-state index in [1.165, 1.54) is 36.4 Å². The standard InChI is InChI=1S/C23H26F4N2O2.ClH/c1-28-19-9-6-16(7-10-19)22(31)29-13-18-12-17(8-11-20(18)24)14-2-4-15(5-3-14)21(30)23(25,26)27;/h2-5,8,11-12,16,19,21,28,30H,6-7,9-10,13H2,1H3,(H,29,31);1H. The highest BCUT2D eigenvalue weighted by Crippen LogP contribution is 2.33. The van der Waals surface area contributed by atoms with Crippen molar-refractivity contribution in [2.75, 3.05) is 7.05 Å². The first kappa shape index (κ1) is 26.1. The Morgan fingerprint density at radius 3 is 2.22 bits per heavy atom. The summed E-state index contributed by atoms with van der Waals surface area (Å²) in [6.45, 7) is 0.0370. The van der Waals surface area contributed by atoms with Crippen LogP contribution in [-0.2, 0) is 11.3 Å². The van der Waals surface area contributed by atoms with Gasteiger partial charge in [0.25, 0.3) is 0 Å². The number of rotatable bonds is 6. The Morgan fingerprint density at radius 1 is 1.06 bits per heavy atom. The lowest BCUT2D eigenvalue weighted by molar-refractivity contribution is -0.206. The maximum atomic E-state index is 14.3. The zero-order valence-electron chi connectivity index (χ0n) is 17.6. The van der Waals surface area contributed by atoms with Crippen LogP contribution in [0.4, 0.5) is 17.6 Å². The highest BCUT2D eigenvalue weighted by Gasteiger charge is 2.39. The summed E-state index contributed by atoms with van der Waals surface area (Å²) in [5, 5.41) is 15.4. The number of aliphatic hydroxyl groups is 1. The largest absolute Gasteiger partial charge is 0.418 e. The molecule has 0 saturated heterocycles. The van der Waals surface area contributed by atoms with Crippen molar-refractivity contribution in [3.63, 3.8) is 0 Å². The van der Waals surface area contributed by atoms with Crippen LogP contribution >= 0.6 is 12.4 Å². The van der Waals surface area contributed by atoms with Crippen LogP contribution in [0.15, 0.2) is 42.5 Å². The molecule has 9 heteroatoms. The average molecular weight is 475 g/mol. The zero-order chi connectivity index (χ0) is 22.6. The summed E-state index contributed by atoms with van der Waals surface area (Å²) in [5.74, 6) is -0.639. The Balaban J connectivity index is 0.00000363. The molecule has 2 aromatic carbocycles. The molecule has 1 saturated carbocycles. The minimum Gasteiger partial charge on any atom is -0.379 e. The molecule has 0 spiro atoms. The predicted molar refractivity (Wildman–Crippen MR) is 117 cm³/mol. The molecule has 3 rings (SSSR count). The van der Waals surface area contributed by atoms with E-state index in [0.717, 1.165) is 25.7 Å². The third kappa shape index (κ3) is 6.43. The highest BCUT2D eigenvalue weighted by atomic mass is 35.5.